The van der Waals surface area contributed by atoms with Gasteiger partial charge < -0.3 is 0 Å². The van der Waals surface area contributed by atoms with Crippen LogP contribution in [0, 0.1) is 27.7 Å². The van der Waals surface area contributed by atoms with Crippen LogP contribution >= 0.6 is 15.9 Å². The lowest BCUT2D eigenvalue weighted by molar-refractivity contribution is 0.544. The summed E-state index contributed by atoms with van der Waals surface area (Å²) in [5, 5.41) is 4.42. The summed E-state index contributed by atoms with van der Waals surface area (Å²) in [5.41, 5.74) is 4.05. The first-order valence-electron chi connectivity index (χ1n) is 7.49. The number of benzene rings is 1. The number of nitrogens with one attached hydrogen (secondary N) is 1. The Balaban J connectivity index is 1.94. The van der Waals surface area contributed by atoms with E-state index in [1.165, 1.54) is 0 Å². The maximum atomic E-state index is 12.3. The van der Waals surface area contributed by atoms with Crippen LogP contribution < -0.4 is 4.72 Å². The lowest BCUT2D eigenvalue weighted by Gasteiger charge is -2.09. The van der Waals surface area contributed by atoms with E-state index in [1.54, 1.807) is 12.1 Å². The van der Waals surface area contributed by atoms with Crippen molar-refractivity contribution in [1.82, 2.24) is 14.5 Å². The fourth-order valence-electron chi connectivity index (χ4n) is 2.29. The molecule has 0 aliphatic heterocycles. The Hall–Kier alpha value is -1.18. The number of hydrogen-bond acceptors (Lipinski definition) is 3. The second-order valence-electron chi connectivity index (χ2n) is 5.71. The largest absolute Gasteiger partial charge is 0.268 e. The highest BCUT2D eigenvalue weighted by atomic mass is 79.9. The third kappa shape index (κ3) is 4.22. The van der Waals surface area contributed by atoms with Gasteiger partial charge in [-0.2, -0.15) is 5.10 Å². The molecule has 1 N–H and O–H groups in total. The van der Waals surface area contributed by atoms with Crippen molar-refractivity contribution in [2.45, 2.75) is 45.6 Å². The molecule has 0 saturated carbocycles. The average Bonchev–Trinajstić information content (AvgIpc) is 2.73. The van der Waals surface area contributed by atoms with Crippen LogP contribution in [0.3, 0.4) is 0 Å². The van der Waals surface area contributed by atoms with Crippen LogP contribution in [0.5, 0.6) is 0 Å². The van der Waals surface area contributed by atoms with Crippen LogP contribution in [-0.2, 0) is 16.6 Å². The van der Waals surface area contributed by atoms with Crippen molar-refractivity contribution in [2.75, 3.05) is 6.54 Å². The Kier molecular flexibility index (Phi) is 5.65. The number of aromatic nitrogens is 2. The van der Waals surface area contributed by atoms with Gasteiger partial charge in [0.2, 0.25) is 10.0 Å². The molecule has 0 fully saturated rings. The highest BCUT2D eigenvalue weighted by Gasteiger charge is 2.14. The van der Waals surface area contributed by atoms with Crippen LogP contribution in [0.4, 0.5) is 0 Å². The number of sulfonamides is 1. The Bertz CT molecular complexity index is 813. The summed E-state index contributed by atoms with van der Waals surface area (Å²) < 4.78 is 30.1. The molecule has 0 bridgehead atoms. The Morgan fingerprint density at radius 1 is 1.17 bits per heavy atom. The first-order chi connectivity index (χ1) is 10.7. The molecule has 0 unspecified atom stereocenters. The van der Waals surface area contributed by atoms with Crippen LogP contribution in [0.1, 0.15) is 28.9 Å². The van der Waals surface area contributed by atoms with E-state index in [-0.39, 0.29) is 0 Å². The molecule has 0 radical (unpaired) electrons. The van der Waals surface area contributed by atoms with Crippen molar-refractivity contribution in [2.24, 2.45) is 0 Å². The Morgan fingerprint density at radius 3 is 2.43 bits per heavy atom. The average molecular weight is 400 g/mol. The van der Waals surface area contributed by atoms with Gasteiger partial charge in [-0.1, -0.05) is 6.07 Å². The second-order valence-corrected chi connectivity index (χ2v) is 8.27. The van der Waals surface area contributed by atoms with Gasteiger partial charge in [0.05, 0.1) is 15.1 Å². The second kappa shape index (κ2) is 7.15. The van der Waals surface area contributed by atoms with Crippen molar-refractivity contribution in [3.8, 4) is 0 Å². The van der Waals surface area contributed by atoms with Gasteiger partial charge in [0.25, 0.3) is 0 Å². The third-order valence-corrected chi connectivity index (χ3v) is 6.53. The standard InChI is InChI=1S/C16H22BrN3O2S/c1-11-6-7-15(10-12(11)2)23(21,22)18-8-5-9-20-14(4)16(17)13(3)19-20/h6-7,10,18H,5,8-9H2,1-4H3. The van der Waals surface area contributed by atoms with Gasteiger partial charge in [0.15, 0.2) is 0 Å². The van der Waals surface area contributed by atoms with E-state index in [0.717, 1.165) is 27.0 Å². The summed E-state index contributed by atoms with van der Waals surface area (Å²) in [6.45, 7) is 8.86. The van der Waals surface area contributed by atoms with Crippen LogP contribution in [0.25, 0.3) is 0 Å². The van der Waals surface area contributed by atoms with Crippen molar-refractivity contribution in [1.29, 1.82) is 0 Å². The number of aryl methyl sites for hydroxylation is 4. The third-order valence-electron chi connectivity index (χ3n) is 3.92. The van der Waals surface area contributed by atoms with Crippen LogP contribution in [-0.4, -0.2) is 24.7 Å². The fourth-order valence-corrected chi connectivity index (χ4v) is 3.74. The minimum atomic E-state index is -3.46. The van der Waals surface area contributed by atoms with Gasteiger partial charge in [0.1, 0.15) is 0 Å². The minimum absolute atomic E-state index is 0.314. The molecule has 126 valence electrons. The fraction of sp³-hybridized carbons (Fsp3) is 0.438. The zero-order valence-electron chi connectivity index (χ0n) is 13.9. The topological polar surface area (TPSA) is 64.0 Å². The van der Waals surface area contributed by atoms with Gasteiger partial charge in [-0.25, -0.2) is 13.1 Å². The zero-order valence-corrected chi connectivity index (χ0v) is 16.3. The van der Waals surface area contributed by atoms with Gasteiger partial charge in [-0.15, -0.1) is 0 Å². The molecule has 7 heteroatoms. The van der Waals surface area contributed by atoms with E-state index in [9.17, 15) is 8.42 Å². The molecule has 1 aromatic carbocycles. The Labute approximate surface area is 146 Å². The summed E-state index contributed by atoms with van der Waals surface area (Å²) in [6.07, 6.45) is 0.679. The molecular formula is C16H22BrN3O2S. The predicted molar refractivity (Wildman–Crippen MR) is 95.1 cm³/mol. The number of halogens is 1. The van der Waals surface area contributed by atoms with Crippen molar-refractivity contribution < 1.29 is 8.42 Å². The molecule has 1 heterocycles. The quantitative estimate of drug-likeness (QED) is 0.758. The van der Waals surface area contributed by atoms with Gasteiger partial charge in [-0.3, -0.25) is 4.68 Å². The zero-order chi connectivity index (χ0) is 17.2. The molecule has 0 atom stereocenters. The molecule has 2 rings (SSSR count). The molecule has 1 aromatic heterocycles. The summed E-state index contributed by atoms with van der Waals surface area (Å²) in [7, 11) is -3.46. The van der Waals surface area contributed by atoms with Gasteiger partial charge in [-0.05, 0) is 73.3 Å². The number of nitrogens with zero attached hydrogens (tertiary/aromatic N) is 2. The molecule has 0 amide bonds. The Morgan fingerprint density at radius 2 is 1.87 bits per heavy atom. The number of rotatable bonds is 6. The van der Waals surface area contributed by atoms with E-state index in [4.69, 9.17) is 0 Å². The van der Waals surface area contributed by atoms with E-state index >= 15 is 0 Å². The van der Waals surface area contributed by atoms with E-state index in [0.29, 0.717) is 24.4 Å². The maximum absolute atomic E-state index is 12.3. The lowest BCUT2D eigenvalue weighted by Crippen LogP contribution is -2.26. The summed E-state index contributed by atoms with van der Waals surface area (Å²) in [5.74, 6) is 0. The first-order valence-corrected chi connectivity index (χ1v) is 9.76. The number of hydrogen-bond donors (Lipinski definition) is 1. The summed E-state index contributed by atoms with van der Waals surface area (Å²) in [4.78, 5) is 0.314. The predicted octanol–water partition coefficient (Wildman–Crippen LogP) is 3.25. The van der Waals surface area contributed by atoms with Gasteiger partial charge >= 0.3 is 0 Å². The van der Waals surface area contributed by atoms with Crippen LogP contribution in [0.2, 0.25) is 0 Å². The molecule has 0 saturated heterocycles. The molecular weight excluding hydrogens is 378 g/mol. The summed E-state index contributed by atoms with van der Waals surface area (Å²) >= 11 is 3.49. The highest BCUT2D eigenvalue weighted by Crippen LogP contribution is 2.20. The van der Waals surface area contributed by atoms with E-state index in [1.807, 2.05) is 38.4 Å². The smallest absolute Gasteiger partial charge is 0.240 e. The molecule has 0 aliphatic rings. The molecule has 23 heavy (non-hydrogen) atoms. The molecule has 5 nitrogen and oxygen atoms in total. The monoisotopic (exact) mass is 399 g/mol. The maximum Gasteiger partial charge on any atom is 0.240 e. The molecule has 0 spiro atoms. The van der Waals surface area contributed by atoms with E-state index < -0.39 is 10.0 Å². The summed E-state index contributed by atoms with van der Waals surface area (Å²) in [6, 6.07) is 5.18. The minimum Gasteiger partial charge on any atom is -0.268 e. The molecule has 2 aromatic rings. The highest BCUT2D eigenvalue weighted by molar-refractivity contribution is 9.10. The van der Waals surface area contributed by atoms with Gasteiger partial charge in [0, 0.05) is 18.8 Å². The van der Waals surface area contributed by atoms with Crippen molar-refractivity contribution in [3.05, 3.63) is 45.2 Å². The van der Waals surface area contributed by atoms with Crippen LogP contribution in [0.15, 0.2) is 27.6 Å². The SMILES string of the molecule is Cc1ccc(S(=O)(=O)NCCCn2nc(C)c(Br)c2C)cc1C. The first kappa shape index (κ1) is 18.2. The lowest BCUT2D eigenvalue weighted by atomic mass is 10.1. The van der Waals surface area contributed by atoms with E-state index in [2.05, 4.69) is 25.8 Å². The normalized spacial score (nSPS) is 11.9. The van der Waals surface area contributed by atoms with Crippen molar-refractivity contribution in [3.63, 3.8) is 0 Å². The van der Waals surface area contributed by atoms with Crippen molar-refractivity contribution >= 4 is 26.0 Å². The molecule has 0 aliphatic carbocycles.